The van der Waals surface area contributed by atoms with Crippen molar-refractivity contribution in [3.05, 3.63) is 0 Å². The van der Waals surface area contributed by atoms with Crippen molar-refractivity contribution in [2.75, 3.05) is 19.6 Å². The van der Waals surface area contributed by atoms with E-state index in [2.05, 4.69) is 17.9 Å². The number of nitrogens with zero attached hydrogens (tertiary/aromatic N) is 2. The van der Waals surface area contributed by atoms with Gasteiger partial charge in [0.2, 0.25) is 0 Å². The Kier molecular flexibility index (Phi) is 3.33. The average Bonchev–Trinajstić information content (AvgIpc) is 2.09. The second kappa shape index (κ2) is 4.11. The molecule has 0 amide bonds. The van der Waals surface area contributed by atoms with Gasteiger partial charge in [-0.25, -0.2) is 0 Å². The van der Waals surface area contributed by atoms with Crippen LogP contribution in [0.5, 0.6) is 0 Å². The lowest BCUT2D eigenvalue weighted by Crippen LogP contribution is -2.39. The summed E-state index contributed by atoms with van der Waals surface area (Å²) in [5.74, 6) is 0.876. The summed E-state index contributed by atoms with van der Waals surface area (Å²) in [6, 6.07) is 2.36. The van der Waals surface area contributed by atoms with E-state index in [0.29, 0.717) is 0 Å². The molecule has 0 aromatic carbocycles. The highest BCUT2D eigenvalue weighted by Gasteiger charge is 2.23. The van der Waals surface area contributed by atoms with Gasteiger partial charge in [0.05, 0.1) is 11.5 Å². The van der Waals surface area contributed by atoms with Crippen molar-refractivity contribution in [1.29, 1.82) is 5.26 Å². The molecule has 1 rings (SSSR count). The molecule has 0 radical (unpaired) electrons. The first-order valence-electron chi connectivity index (χ1n) is 5.17. The largest absolute Gasteiger partial charge is 0.302 e. The summed E-state index contributed by atoms with van der Waals surface area (Å²) >= 11 is 0. The van der Waals surface area contributed by atoms with Crippen LogP contribution in [0.1, 0.15) is 33.6 Å². The molecule has 0 aliphatic carbocycles. The van der Waals surface area contributed by atoms with Crippen molar-refractivity contribution in [2.24, 2.45) is 11.3 Å². The smallest absolute Gasteiger partial charge is 0.0697 e. The molecule has 1 aliphatic rings. The maximum atomic E-state index is 8.90. The van der Waals surface area contributed by atoms with E-state index in [-0.39, 0.29) is 5.41 Å². The van der Waals surface area contributed by atoms with Gasteiger partial charge in [-0.15, -0.1) is 0 Å². The molecule has 0 aromatic heterocycles. The van der Waals surface area contributed by atoms with E-state index in [1.807, 2.05) is 13.8 Å². The molecule has 1 fully saturated rings. The van der Waals surface area contributed by atoms with Crippen molar-refractivity contribution in [2.45, 2.75) is 33.6 Å². The molecule has 2 heteroatoms. The minimum Gasteiger partial charge on any atom is -0.302 e. The summed E-state index contributed by atoms with van der Waals surface area (Å²) in [7, 11) is 0. The van der Waals surface area contributed by atoms with Gasteiger partial charge < -0.3 is 4.90 Å². The summed E-state index contributed by atoms with van der Waals surface area (Å²) in [6.45, 7) is 9.62. The number of piperidine rings is 1. The van der Waals surface area contributed by atoms with Gasteiger partial charge in [0.1, 0.15) is 0 Å². The van der Waals surface area contributed by atoms with Gasteiger partial charge in [0.25, 0.3) is 0 Å². The van der Waals surface area contributed by atoms with Crippen molar-refractivity contribution in [3.8, 4) is 6.07 Å². The predicted molar refractivity (Wildman–Crippen MR) is 54.2 cm³/mol. The van der Waals surface area contributed by atoms with E-state index >= 15 is 0 Å². The van der Waals surface area contributed by atoms with Crippen LogP contribution < -0.4 is 0 Å². The molecule has 0 unspecified atom stereocenters. The Balaban J connectivity index is 2.35. The minimum absolute atomic E-state index is 0.180. The molecule has 1 heterocycles. The fourth-order valence-corrected chi connectivity index (χ4v) is 1.81. The minimum atomic E-state index is -0.180. The highest BCUT2D eigenvalue weighted by Crippen LogP contribution is 2.21. The Bertz CT molecular complexity index is 195. The number of likely N-dealkylation sites (tertiary alicyclic amines) is 1. The summed E-state index contributed by atoms with van der Waals surface area (Å²) in [6.07, 6.45) is 2.59. The molecule has 0 atom stereocenters. The highest BCUT2D eigenvalue weighted by molar-refractivity contribution is 4.94. The lowest BCUT2D eigenvalue weighted by Gasteiger charge is -2.33. The van der Waals surface area contributed by atoms with E-state index in [0.717, 1.165) is 12.5 Å². The second-order valence-electron chi connectivity index (χ2n) is 4.95. The lowest BCUT2D eigenvalue weighted by atomic mass is 9.92. The first-order chi connectivity index (χ1) is 6.03. The Morgan fingerprint density at radius 3 is 2.38 bits per heavy atom. The summed E-state index contributed by atoms with van der Waals surface area (Å²) in [5.41, 5.74) is -0.180. The van der Waals surface area contributed by atoms with Crippen molar-refractivity contribution >= 4 is 0 Å². The predicted octanol–water partition coefficient (Wildman–Crippen LogP) is 2.27. The van der Waals surface area contributed by atoms with E-state index in [1.165, 1.54) is 25.9 Å². The summed E-state index contributed by atoms with van der Waals surface area (Å²) in [4.78, 5) is 2.42. The average molecular weight is 180 g/mol. The molecule has 0 aromatic rings. The highest BCUT2D eigenvalue weighted by atomic mass is 15.1. The number of nitriles is 1. The molecule has 1 saturated heterocycles. The van der Waals surface area contributed by atoms with Crippen LogP contribution in [-0.2, 0) is 0 Å². The molecule has 0 spiro atoms. The van der Waals surface area contributed by atoms with Crippen LogP contribution in [0.25, 0.3) is 0 Å². The molecular formula is C11H20N2. The van der Waals surface area contributed by atoms with Gasteiger partial charge in [-0.3, -0.25) is 0 Å². The lowest BCUT2D eigenvalue weighted by molar-refractivity contribution is 0.156. The zero-order chi connectivity index (χ0) is 9.90. The van der Waals surface area contributed by atoms with Crippen LogP contribution in [0.2, 0.25) is 0 Å². The SMILES string of the molecule is CC1CCN(CC(C)(C)C#N)CC1. The van der Waals surface area contributed by atoms with Crippen LogP contribution in [0, 0.1) is 22.7 Å². The van der Waals surface area contributed by atoms with E-state index in [9.17, 15) is 0 Å². The molecule has 74 valence electrons. The van der Waals surface area contributed by atoms with Crippen LogP contribution in [0.3, 0.4) is 0 Å². The fourth-order valence-electron chi connectivity index (χ4n) is 1.81. The van der Waals surface area contributed by atoms with E-state index in [4.69, 9.17) is 5.26 Å². The Labute approximate surface area is 81.5 Å². The standard InChI is InChI=1S/C11H20N2/c1-10-4-6-13(7-5-10)9-11(2,3)8-12/h10H,4-7,9H2,1-3H3. The topological polar surface area (TPSA) is 27.0 Å². The van der Waals surface area contributed by atoms with Gasteiger partial charge in [-0.05, 0) is 45.7 Å². The molecule has 0 saturated carbocycles. The number of rotatable bonds is 2. The molecule has 13 heavy (non-hydrogen) atoms. The summed E-state index contributed by atoms with van der Waals surface area (Å²) in [5, 5.41) is 8.90. The van der Waals surface area contributed by atoms with Crippen molar-refractivity contribution in [1.82, 2.24) is 4.90 Å². The van der Waals surface area contributed by atoms with Crippen molar-refractivity contribution in [3.63, 3.8) is 0 Å². The van der Waals surface area contributed by atoms with Crippen LogP contribution in [0.15, 0.2) is 0 Å². The molecule has 0 bridgehead atoms. The van der Waals surface area contributed by atoms with Gasteiger partial charge >= 0.3 is 0 Å². The number of hydrogen-bond donors (Lipinski definition) is 0. The van der Waals surface area contributed by atoms with Crippen molar-refractivity contribution < 1.29 is 0 Å². The van der Waals surface area contributed by atoms with Gasteiger partial charge in [-0.1, -0.05) is 6.92 Å². The number of hydrogen-bond acceptors (Lipinski definition) is 2. The second-order valence-corrected chi connectivity index (χ2v) is 4.95. The molecule has 1 aliphatic heterocycles. The van der Waals surface area contributed by atoms with Crippen LogP contribution in [0.4, 0.5) is 0 Å². The molecule has 2 nitrogen and oxygen atoms in total. The van der Waals surface area contributed by atoms with E-state index < -0.39 is 0 Å². The first-order valence-corrected chi connectivity index (χ1v) is 5.17. The van der Waals surface area contributed by atoms with E-state index in [1.54, 1.807) is 0 Å². The Morgan fingerprint density at radius 2 is 1.92 bits per heavy atom. The molecule has 0 N–H and O–H groups in total. The zero-order valence-electron chi connectivity index (χ0n) is 9.01. The van der Waals surface area contributed by atoms with Crippen LogP contribution in [-0.4, -0.2) is 24.5 Å². The third-order valence-corrected chi connectivity index (χ3v) is 2.80. The summed E-state index contributed by atoms with van der Waals surface area (Å²) < 4.78 is 0. The Hall–Kier alpha value is -0.550. The van der Waals surface area contributed by atoms with Gasteiger partial charge in [0.15, 0.2) is 0 Å². The fraction of sp³-hybridized carbons (Fsp3) is 0.909. The van der Waals surface area contributed by atoms with Crippen LogP contribution >= 0.6 is 0 Å². The third-order valence-electron chi connectivity index (χ3n) is 2.80. The monoisotopic (exact) mass is 180 g/mol. The zero-order valence-corrected chi connectivity index (χ0v) is 9.01. The maximum Gasteiger partial charge on any atom is 0.0697 e. The first kappa shape index (κ1) is 10.5. The maximum absolute atomic E-state index is 8.90. The third kappa shape index (κ3) is 3.36. The van der Waals surface area contributed by atoms with Gasteiger partial charge in [0, 0.05) is 6.54 Å². The quantitative estimate of drug-likeness (QED) is 0.652. The normalized spacial score (nSPS) is 21.4. The molecular weight excluding hydrogens is 160 g/mol. The Morgan fingerprint density at radius 1 is 1.38 bits per heavy atom. The van der Waals surface area contributed by atoms with Gasteiger partial charge in [-0.2, -0.15) is 5.26 Å².